The first-order chi connectivity index (χ1) is 8.66. The maximum atomic E-state index is 11.5. The smallest absolute Gasteiger partial charge is 0.332 e. The van der Waals surface area contributed by atoms with Gasteiger partial charge in [0.25, 0.3) is 0 Å². The molecule has 0 saturated carbocycles. The van der Waals surface area contributed by atoms with Crippen molar-refractivity contribution in [3.8, 4) is 0 Å². The van der Waals surface area contributed by atoms with Gasteiger partial charge in [0.15, 0.2) is 0 Å². The maximum Gasteiger partial charge on any atom is 0.332 e. The summed E-state index contributed by atoms with van der Waals surface area (Å²) >= 11 is 0. The molecule has 6 heteroatoms. The van der Waals surface area contributed by atoms with E-state index < -0.39 is 6.03 Å². The van der Waals surface area contributed by atoms with Crippen molar-refractivity contribution in [2.75, 3.05) is 11.4 Å². The first kappa shape index (κ1) is 12.1. The monoisotopic (exact) mass is 246 g/mol. The van der Waals surface area contributed by atoms with Gasteiger partial charge in [-0.15, -0.1) is 0 Å². The number of nitrogens with one attached hydrogen (secondary N) is 1. The number of nitrogens with two attached hydrogens (primary N) is 1. The van der Waals surface area contributed by atoms with Crippen molar-refractivity contribution in [2.24, 2.45) is 10.8 Å². The van der Waals surface area contributed by atoms with Crippen LogP contribution in [0.1, 0.15) is 18.4 Å². The molecule has 1 aromatic carbocycles. The van der Waals surface area contributed by atoms with Crippen LogP contribution in [0.25, 0.3) is 0 Å². The predicted molar refractivity (Wildman–Crippen MR) is 68.3 cm³/mol. The molecular weight excluding hydrogens is 232 g/mol. The van der Waals surface area contributed by atoms with E-state index in [0.29, 0.717) is 6.42 Å². The first-order valence-corrected chi connectivity index (χ1v) is 5.66. The van der Waals surface area contributed by atoms with E-state index in [-0.39, 0.29) is 5.91 Å². The summed E-state index contributed by atoms with van der Waals surface area (Å²) in [7, 11) is 0. The maximum absolute atomic E-state index is 11.5. The molecule has 1 aliphatic rings. The van der Waals surface area contributed by atoms with Crippen LogP contribution in [0.2, 0.25) is 0 Å². The third kappa shape index (κ3) is 2.85. The Bertz CT molecular complexity index is 481. The van der Waals surface area contributed by atoms with E-state index in [9.17, 15) is 9.59 Å². The molecule has 94 valence electrons. The third-order valence-corrected chi connectivity index (χ3v) is 2.67. The molecule has 3 amide bonds. The van der Waals surface area contributed by atoms with Crippen molar-refractivity contribution in [3.05, 3.63) is 29.8 Å². The van der Waals surface area contributed by atoms with Gasteiger partial charge in [-0.25, -0.2) is 10.2 Å². The lowest BCUT2D eigenvalue weighted by molar-refractivity contribution is -0.117. The van der Waals surface area contributed by atoms with Crippen molar-refractivity contribution < 1.29 is 9.59 Å². The zero-order valence-electron chi connectivity index (χ0n) is 9.80. The van der Waals surface area contributed by atoms with Crippen LogP contribution in [0.5, 0.6) is 0 Å². The Balaban J connectivity index is 2.03. The van der Waals surface area contributed by atoms with Gasteiger partial charge in [-0.2, -0.15) is 5.10 Å². The molecule has 18 heavy (non-hydrogen) atoms. The third-order valence-electron chi connectivity index (χ3n) is 2.67. The van der Waals surface area contributed by atoms with Crippen LogP contribution in [0.4, 0.5) is 10.5 Å². The van der Waals surface area contributed by atoms with E-state index in [4.69, 9.17) is 5.73 Å². The lowest BCUT2D eigenvalue weighted by Gasteiger charge is -2.15. The average molecular weight is 246 g/mol. The Labute approximate surface area is 104 Å². The van der Waals surface area contributed by atoms with E-state index in [2.05, 4.69) is 10.5 Å². The summed E-state index contributed by atoms with van der Waals surface area (Å²) in [5.74, 6) is 0.159. The summed E-state index contributed by atoms with van der Waals surface area (Å²) in [6.45, 7) is 0.773. The van der Waals surface area contributed by atoms with E-state index in [1.165, 1.54) is 6.21 Å². The number of anilines is 1. The number of carbonyl (C=O) groups is 2. The highest BCUT2D eigenvalue weighted by Crippen LogP contribution is 2.21. The Morgan fingerprint density at radius 1 is 1.39 bits per heavy atom. The minimum Gasteiger partial charge on any atom is -0.350 e. The number of hydrazone groups is 1. The van der Waals surface area contributed by atoms with Gasteiger partial charge >= 0.3 is 6.03 Å². The van der Waals surface area contributed by atoms with Crippen molar-refractivity contribution in [3.63, 3.8) is 0 Å². The molecule has 0 atom stereocenters. The summed E-state index contributed by atoms with van der Waals surface area (Å²) in [5, 5.41) is 3.65. The molecule has 1 heterocycles. The van der Waals surface area contributed by atoms with Gasteiger partial charge in [-0.1, -0.05) is 12.1 Å². The molecule has 0 unspecified atom stereocenters. The second-order valence-corrected chi connectivity index (χ2v) is 3.97. The zero-order chi connectivity index (χ0) is 13.0. The summed E-state index contributed by atoms with van der Waals surface area (Å²) < 4.78 is 0. The van der Waals surface area contributed by atoms with Crippen LogP contribution in [-0.4, -0.2) is 24.7 Å². The normalized spacial score (nSPS) is 15.3. The number of nitrogens with zero attached hydrogens (tertiary/aromatic N) is 2. The summed E-state index contributed by atoms with van der Waals surface area (Å²) in [5.41, 5.74) is 8.69. The fraction of sp³-hybridized carbons (Fsp3) is 0.250. The molecule has 0 aromatic heterocycles. The lowest BCUT2D eigenvalue weighted by atomic mass is 10.2. The Kier molecular flexibility index (Phi) is 3.57. The number of urea groups is 1. The lowest BCUT2D eigenvalue weighted by Crippen LogP contribution is -2.24. The number of amides is 3. The molecule has 0 spiro atoms. The highest BCUT2D eigenvalue weighted by Gasteiger charge is 2.21. The molecule has 2 rings (SSSR count). The molecule has 3 N–H and O–H groups in total. The number of benzene rings is 1. The van der Waals surface area contributed by atoms with E-state index in [1.807, 2.05) is 24.3 Å². The van der Waals surface area contributed by atoms with Crippen LogP contribution in [-0.2, 0) is 4.79 Å². The fourth-order valence-corrected chi connectivity index (χ4v) is 1.83. The van der Waals surface area contributed by atoms with Crippen molar-refractivity contribution >= 4 is 23.8 Å². The molecule has 6 nitrogen and oxygen atoms in total. The van der Waals surface area contributed by atoms with Crippen LogP contribution >= 0.6 is 0 Å². The Hall–Kier alpha value is -2.37. The van der Waals surface area contributed by atoms with E-state index in [0.717, 1.165) is 24.2 Å². The van der Waals surface area contributed by atoms with Crippen LogP contribution in [0, 0.1) is 0 Å². The second-order valence-electron chi connectivity index (χ2n) is 3.97. The zero-order valence-corrected chi connectivity index (χ0v) is 9.80. The first-order valence-electron chi connectivity index (χ1n) is 5.66. The average Bonchev–Trinajstić information content (AvgIpc) is 2.76. The van der Waals surface area contributed by atoms with E-state index >= 15 is 0 Å². The number of hydrogen-bond donors (Lipinski definition) is 2. The SMILES string of the molecule is NC(=O)NN=Cc1ccc(N2CCCC2=O)cc1. The van der Waals surface area contributed by atoms with Gasteiger partial charge in [0.1, 0.15) is 0 Å². The Morgan fingerprint density at radius 3 is 2.67 bits per heavy atom. The van der Waals surface area contributed by atoms with Gasteiger partial charge in [-0.3, -0.25) is 4.79 Å². The van der Waals surface area contributed by atoms with Crippen LogP contribution < -0.4 is 16.1 Å². The number of rotatable bonds is 3. The van der Waals surface area contributed by atoms with Gasteiger partial charge in [-0.05, 0) is 24.1 Å². The molecule has 1 aliphatic heterocycles. The van der Waals surface area contributed by atoms with Gasteiger partial charge in [0.2, 0.25) is 5.91 Å². The highest BCUT2D eigenvalue weighted by atomic mass is 16.2. The van der Waals surface area contributed by atoms with Crippen LogP contribution in [0.15, 0.2) is 29.4 Å². The van der Waals surface area contributed by atoms with Crippen molar-refractivity contribution in [2.45, 2.75) is 12.8 Å². The molecule has 0 radical (unpaired) electrons. The summed E-state index contributed by atoms with van der Waals surface area (Å²) in [4.78, 5) is 23.7. The molecule has 0 bridgehead atoms. The molecule has 1 aromatic rings. The minimum atomic E-state index is -0.703. The van der Waals surface area contributed by atoms with E-state index in [1.54, 1.807) is 4.90 Å². The quantitative estimate of drug-likeness (QED) is 0.610. The highest BCUT2D eigenvalue weighted by molar-refractivity contribution is 5.95. The largest absolute Gasteiger partial charge is 0.350 e. The summed E-state index contributed by atoms with van der Waals surface area (Å²) in [6, 6.07) is 6.66. The van der Waals surface area contributed by atoms with Crippen molar-refractivity contribution in [1.29, 1.82) is 0 Å². The topological polar surface area (TPSA) is 87.8 Å². The van der Waals surface area contributed by atoms with Gasteiger partial charge in [0.05, 0.1) is 6.21 Å². The van der Waals surface area contributed by atoms with Gasteiger partial charge in [0, 0.05) is 18.7 Å². The molecular formula is C12H14N4O2. The number of carbonyl (C=O) groups excluding carboxylic acids is 2. The summed E-state index contributed by atoms with van der Waals surface area (Å²) in [6.07, 6.45) is 3.01. The van der Waals surface area contributed by atoms with Crippen LogP contribution in [0.3, 0.4) is 0 Å². The minimum absolute atomic E-state index is 0.159. The fourth-order valence-electron chi connectivity index (χ4n) is 1.83. The predicted octanol–water partition coefficient (Wildman–Crippen LogP) is 0.816. The standard InChI is InChI=1S/C12H14N4O2/c13-12(18)15-14-8-9-3-5-10(6-4-9)16-7-1-2-11(16)17/h3-6,8H,1-2,7H2,(H3,13,15,18). The number of hydrogen-bond acceptors (Lipinski definition) is 3. The van der Waals surface area contributed by atoms with Gasteiger partial charge < -0.3 is 10.6 Å². The number of primary amides is 1. The second kappa shape index (κ2) is 5.31. The van der Waals surface area contributed by atoms with Crippen molar-refractivity contribution in [1.82, 2.24) is 5.43 Å². The molecule has 0 aliphatic carbocycles. The molecule has 1 fully saturated rings. The molecule has 1 saturated heterocycles. The Morgan fingerprint density at radius 2 is 2.11 bits per heavy atom.